The van der Waals surface area contributed by atoms with E-state index >= 15 is 0 Å². The van der Waals surface area contributed by atoms with Gasteiger partial charge in [0.15, 0.2) is 0 Å². The molecule has 1 saturated heterocycles. The minimum Gasteiger partial charge on any atom is -0.344 e. The van der Waals surface area contributed by atoms with Crippen molar-refractivity contribution in [2.75, 3.05) is 36.4 Å². The Hall–Kier alpha value is -2.10. The second-order valence-electron chi connectivity index (χ2n) is 6.35. The van der Waals surface area contributed by atoms with Crippen LogP contribution in [-0.2, 0) is 4.79 Å². The number of nitrogens with zero attached hydrogens (tertiary/aromatic N) is 5. The minimum absolute atomic E-state index is 0.122. The zero-order valence-electron chi connectivity index (χ0n) is 14.7. The second kappa shape index (κ2) is 7.26. The van der Waals surface area contributed by atoms with Crippen molar-refractivity contribution in [2.45, 2.75) is 19.9 Å². The number of piperazine rings is 1. The first-order valence-electron chi connectivity index (χ1n) is 8.53. The van der Waals surface area contributed by atoms with Crippen molar-refractivity contribution < 1.29 is 4.79 Å². The molecule has 1 N–H and O–H groups in total. The first kappa shape index (κ1) is 17.3. The Morgan fingerprint density at radius 2 is 2.04 bits per heavy atom. The normalized spacial score (nSPS) is 16.8. The maximum absolute atomic E-state index is 11.1. The predicted octanol–water partition coefficient (Wildman–Crippen LogP) is 2.99. The average Bonchev–Trinajstić information content (AvgIpc) is 3.29. The number of benzene rings is 1. The van der Waals surface area contributed by atoms with Gasteiger partial charge < -0.3 is 10.2 Å². The van der Waals surface area contributed by atoms with Gasteiger partial charge in [0.1, 0.15) is 0 Å². The monoisotopic (exact) mass is 388 g/mol. The summed E-state index contributed by atoms with van der Waals surface area (Å²) in [6, 6.07) is 6.93. The Morgan fingerprint density at radius 3 is 2.81 bits per heavy atom. The zero-order chi connectivity index (χ0) is 18.1. The minimum atomic E-state index is -0.122. The quantitative estimate of drug-likeness (QED) is 0.741. The van der Waals surface area contributed by atoms with Crippen molar-refractivity contribution in [3.05, 3.63) is 29.3 Å². The molecule has 0 aliphatic carbocycles. The van der Waals surface area contributed by atoms with Crippen LogP contribution < -0.4 is 10.2 Å². The molecule has 1 aliphatic rings. The van der Waals surface area contributed by atoms with Gasteiger partial charge >= 0.3 is 0 Å². The molecule has 3 aromatic rings. The number of rotatable bonds is 4. The Morgan fingerprint density at radius 1 is 1.23 bits per heavy atom. The van der Waals surface area contributed by atoms with E-state index in [1.165, 1.54) is 28.5 Å². The summed E-state index contributed by atoms with van der Waals surface area (Å²) in [7, 11) is 0. The van der Waals surface area contributed by atoms with Gasteiger partial charge in [-0.15, -0.1) is 21.5 Å². The summed E-state index contributed by atoms with van der Waals surface area (Å²) >= 11 is 3.10. The molecule has 1 aromatic carbocycles. The van der Waals surface area contributed by atoms with E-state index in [1.807, 2.05) is 5.51 Å². The van der Waals surface area contributed by atoms with E-state index in [9.17, 15) is 4.79 Å². The third-order valence-corrected chi connectivity index (χ3v) is 6.38. The third kappa shape index (κ3) is 3.55. The lowest BCUT2D eigenvalue weighted by atomic mass is 10.1. The standard InChI is InChI=1S/C17H20N6OS2/c1-11(13-3-4-15-14(9-13)18-10-25-15)22-5-7-23(8-6-22)17-21-20-16(26-17)19-12(2)24/h3-4,9-11H,5-8H2,1-2H3,(H,19,20,24)/t11-/m0/s1. The fraction of sp³-hybridized carbons (Fsp3) is 0.412. The topological polar surface area (TPSA) is 74.2 Å². The van der Waals surface area contributed by atoms with Crippen LogP contribution in [0.25, 0.3) is 10.2 Å². The molecule has 0 saturated carbocycles. The van der Waals surface area contributed by atoms with Crippen LogP contribution >= 0.6 is 22.7 Å². The van der Waals surface area contributed by atoms with Crippen LogP contribution in [0, 0.1) is 0 Å². The molecule has 2 aromatic heterocycles. The van der Waals surface area contributed by atoms with E-state index in [0.717, 1.165) is 36.8 Å². The number of amides is 1. The highest BCUT2D eigenvalue weighted by molar-refractivity contribution is 7.19. The smallest absolute Gasteiger partial charge is 0.223 e. The number of nitrogens with one attached hydrogen (secondary N) is 1. The van der Waals surface area contributed by atoms with E-state index in [4.69, 9.17) is 0 Å². The van der Waals surface area contributed by atoms with Gasteiger partial charge in [0.25, 0.3) is 0 Å². The third-order valence-electron chi connectivity index (χ3n) is 4.67. The summed E-state index contributed by atoms with van der Waals surface area (Å²) in [5.74, 6) is -0.122. The number of carbonyl (C=O) groups is 1. The van der Waals surface area contributed by atoms with Crippen LogP contribution in [0.1, 0.15) is 25.5 Å². The molecule has 0 spiro atoms. The summed E-state index contributed by atoms with van der Waals surface area (Å²) in [5, 5.41) is 12.3. The maximum Gasteiger partial charge on any atom is 0.223 e. The molecule has 0 bridgehead atoms. The Labute approximate surface area is 159 Å². The maximum atomic E-state index is 11.1. The van der Waals surface area contributed by atoms with Gasteiger partial charge in [-0.25, -0.2) is 4.98 Å². The summed E-state index contributed by atoms with van der Waals surface area (Å²) in [6.45, 7) is 7.46. The van der Waals surface area contributed by atoms with Crippen molar-refractivity contribution in [2.24, 2.45) is 0 Å². The first-order valence-corrected chi connectivity index (χ1v) is 10.2. The number of hydrogen-bond acceptors (Lipinski definition) is 8. The van der Waals surface area contributed by atoms with Gasteiger partial charge in [-0.05, 0) is 24.6 Å². The number of fused-ring (bicyclic) bond motifs is 1. The average molecular weight is 389 g/mol. The number of carbonyl (C=O) groups excluding carboxylic acids is 1. The summed E-state index contributed by atoms with van der Waals surface area (Å²) in [6.07, 6.45) is 0. The lowest BCUT2D eigenvalue weighted by Crippen LogP contribution is -2.47. The molecule has 0 unspecified atom stereocenters. The summed E-state index contributed by atoms with van der Waals surface area (Å²) in [4.78, 5) is 20.3. The fourth-order valence-electron chi connectivity index (χ4n) is 3.19. The van der Waals surface area contributed by atoms with E-state index in [1.54, 1.807) is 11.3 Å². The number of hydrogen-bond donors (Lipinski definition) is 1. The molecule has 136 valence electrons. The molecule has 1 atom stereocenters. The van der Waals surface area contributed by atoms with Gasteiger partial charge in [-0.2, -0.15) is 0 Å². The highest BCUT2D eigenvalue weighted by atomic mass is 32.1. The van der Waals surface area contributed by atoms with Crippen LogP contribution in [0.5, 0.6) is 0 Å². The van der Waals surface area contributed by atoms with Crippen molar-refractivity contribution in [3.63, 3.8) is 0 Å². The molecule has 1 aliphatic heterocycles. The van der Waals surface area contributed by atoms with Crippen LogP contribution in [0.4, 0.5) is 10.3 Å². The number of aromatic nitrogens is 3. The number of anilines is 2. The number of thiazole rings is 1. The van der Waals surface area contributed by atoms with Gasteiger partial charge in [-0.1, -0.05) is 17.4 Å². The zero-order valence-corrected chi connectivity index (χ0v) is 16.3. The Bertz CT molecular complexity index is 915. The largest absolute Gasteiger partial charge is 0.344 e. The Kier molecular flexibility index (Phi) is 4.84. The molecule has 0 radical (unpaired) electrons. The van der Waals surface area contributed by atoms with E-state index in [-0.39, 0.29) is 5.91 Å². The van der Waals surface area contributed by atoms with Crippen LogP contribution in [0.3, 0.4) is 0 Å². The molecular weight excluding hydrogens is 368 g/mol. The van der Waals surface area contributed by atoms with E-state index in [2.05, 4.69) is 55.4 Å². The lowest BCUT2D eigenvalue weighted by Gasteiger charge is -2.37. The summed E-state index contributed by atoms with van der Waals surface area (Å²) < 4.78 is 1.23. The molecule has 1 fully saturated rings. The molecule has 26 heavy (non-hydrogen) atoms. The van der Waals surface area contributed by atoms with E-state index in [0.29, 0.717) is 11.2 Å². The highest BCUT2D eigenvalue weighted by Crippen LogP contribution is 2.29. The Balaban J connectivity index is 1.39. The first-order chi connectivity index (χ1) is 12.6. The van der Waals surface area contributed by atoms with Gasteiger partial charge in [-0.3, -0.25) is 9.69 Å². The predicted molar refractivity (Wildman–Crippen MR) is 106 cm³/mol. The van der Waals surface area contributed by atoms with Crippen LogP contribution in [0.15, 0.2) is 23.7 Å². The second-order valence-corrected chi connectivity index (χ2v) is 8.19. The molecule has 7 nitrogen and oxygen atoms in total. The highest BCUT2D eigenvalue weighted by Gasteiger charge is 2.24. The van der Waals surface area contributed by atoms with Crippen molar-refractivity contribution in [1.82, 2.24) is 20.1 Å². The molecular formula is C17H20N6OS2. The molecule has 3 heterocycles. The SMILES string of the molecule is CC(=O)Nc1nnc(N2CCN([C@@H](C)c3ccc4scnc4c3)CC2)s1. The molecule has 9 heteroatoms. The molecule has 4 rings (SSSR count). The lowest BCUT2D eigenvalue weighted by molar-refractivity contribution is -0.114. The fourth-order valence-corrected chi connectivity index (χ4v) is 4.69. The summed E-state index contributed by atoms with van der Waals surface area (Å²) in [5.41, 5.74) is 4.29. The van der Waals surface area contributed by atoms with Gasteiger partial charge in [0.05, 0.1) is 15.7 Å². The van der Waals surface area contributed by atoms with Crippen molar-refractivity contribution in [3.8, 4) is 0 Å². The van der Waals surface area contributed by atoms with Crippen LogP contribution in [0.2, 0.25) is 0 Å². The van der Waals surface area contributed by atoms with Crippen molar-refractivity contribution >= 4 is 49.1 Å². The van der Waals surface area contributed by atoms with Crippen molar-refractivity contribution in [1.29, 1.82) is 0 Å². The molecule has 1 amide bonds. The van der Waals surface area contributed by atoms with E-state index < -0.39 is 0 Å². The van der Waals surface area contributed by atoms with Gasteiger partial charge in [0, 0.05) is 39.1 Å². The van der Waals surface area contributed by atoms with Gasteiger partial charge in [0.2, 0.25) is 16.2 Å². The van der Waals surface area contributed by atoms with Crippen LogP contribution in [-0.4, -0.2) is 52.2 Å².